The molecule has 2 heterocycles. The van der Waals surface area contributed by atoms with Crippen molar-refractivity contribution >= 4 is 5.82 Å². The summed E-state index contributed by atoms with van der Waals surface area (Å²) in [5, 5.41) is 3.60. The minimum atomic E-state index is 0.299. The Hall–Kier alpha value is -1.13. The average Bonchev–Trinajstić information content (AvgIpc) is 2.55. The maximum Gasteiger partial charge on any atom is 0.126 e. The van der Waals surface area contributed by atoms with Crippen molar-refractivity contribution in [2.45, 2.75) is 44.6 Å². The highest BCUT2D eigenvalue weighted by Crippen LogP contribution is 2.34. The molecule has 1 aliphatic heterocycles. The minimum Gasteiger partial charge on any atom is -0.379 e. The molecule has 1 N–H and O–H groups in total. The predicted molar refractivity (Wildman–Crippen MR) is 85.7 cm³/mol. The number of hydrogen-bond donors (Lipinski definition) is 1. The number of ether oxygens (including phenoxy) is 1. The van der Waals surface area contributed by atoms with Crippen molar-refractivity contribution in [1.82, 2.24) is 9.88 Å². The lowest BCUT2D eigenvalue weighted by Gasteiger charge is -2.48. The second-order valence-electron chi connectivity index (χ2n) is 6.40. The zero-order chi connectivity index (χ0) is 14.5. The maximum atomic E-state index is 5.54. The van der Waals surface area contributed by atoms with Crippen molar-refractivity contribution in [3.8, 4) is 0 Å². The summed E-state index contributed by atoms with van der Waals surface area (Å²) in [4.78, 5) is 7.24. The maximum absolute atomic E-state index is 5.54. The number of nitrogens with one attached hydrogen (secondary N) is 1. The summed E-state index contributed by atoms with van der Waals surface area (Å²) in [5.41, 5.74) is 1.37. The fourth-order valence-electron chi connectivity index (χ4n) is 3.75. The standard InChI is InChI=1S/C17H27N3O/c1-15-6-5-7-16(19-15)18-14-17(8-3-2-4-9-17)20-10-12-21-13-11-20/h5-7H,2-4,8-14H2,1H3,(H,18,19). The zero-order valence-electron chi connectivity index (χ0n) is 13.1. The minimum absolute atomic E-state index is 0.299. The van der Waals surface area contributed by atoms with Crippen molar-refractivity contribution in [1.29, 1.82) is 0 Å². The Bertz CT molecular complexity index is 451. The van der Waals surface area contributed by atoms with Crippen LogP contribution in [0.4, 0.5) is 5.82 Å². The Kier molecular flexibility index (Phi) is 4.76. The third-order valence-corrected chi connectivity index (χ3v) is 4.95. The van der Waals surface area contributed by atoms with Gasteiger partial charge in [-0.05, 0) is 31.9 Å². The van der Waals surface area contributed by atoms with Gasteiger partial charge in [0.05, 0.1) is 13.2 Å². The van der Waals surface area contributed by atoms with E-state index in [4.69, 9.17) is 4.74 Å². The highest BCUT2D eigenvalue weighted by atomic mass is 16.5. The molecule has 2 fully saturated rings. The molecule has 0 amide bonds. The van der Waals surface area contributed by atoms with Crippen LogP contribution in [-0.2, 0) is 4.74 Å². The van der Waals surface area contributed by atoms with Gasteiger partial charge in [-0.1, -0.05) is 25.3 Å². The first-order chi connectivity index (χ1) is 10.3. The number of hydrogen-bond acceptors (Lipinski definition) is 4. The van der Waals surface area contributed by atoms with Crippen LogP contribution in [0.2, 0.25) is 0 Å². The summed E-state index contributed by atoms with van der Waals surface area (Å²) in [6.45, 7) is 6.95. The molecule has 0 unspecified atom stereocenters. The van der Waals surface area contributed by atoms with Crippen LogP contribution in [0.3, 0.4) is 0 Å². The molecule has 0 bridgehead atoms. The van der Waals surface area contributed by atoms with Gasteiger partial charge in [-0.15, -0.1) is 0 Å². The molecule has 1 aromatic heterocycles. The number of morpholine rings is 1. The topological polar surface area (TPSA) is 37.4 Å². The van der Waals surface area contributed by atoms with Crippen LogP contribution in [0.25, 0.3) is 0 Å². The van der Waals surface area contributed by atoms with E-state index in [-0.39, 0.29) is 0 Å². The van der Waals surface area contributed by atoms with E-state index in [1.807, 2.05) is 13.0 Å². The van der Waals surface area contributed by atoms with Gasteiger partial charge in [0.2, 0.25) is 0 Å². The molecular weight excluding hydrogens is 262 g/mol. The molecule has 0 aromatic carbocycles. The Morgan fingerprint density at radius 2 is 1.95 bits per heavy atom. The normalized spacial score (nSPS) is 22.9. The number of rotatable bonds is 4. The quantitative estimate of drug-likeness (QED) is 0.925. The van der Waals surface area contributed by atoms with E-state index in [0.29, 0.717) is 5.54 Å². The molecular formula is C17H27N3O. The number of anilines is 1. The van der Waals surface area contributed by atoms with Crippen LogP contribution in [0.5, 0.6) is 0 Å². The molecule has 3 rings (SSSR count). The first kappa shape index (κ1) is 14.8. The second kappa shape index (κ2) is 6.75. The lowest BCUT2D eigenvalue weighted by atomic mass is 9.79. The fourth-order valence-corrected chi connectivity index (χ4v) is 3.75. The van der Waals surface area contributed by atoms with Crippen LogP contribution in [0, 0.1) is 6.92 Å². The summed E-state index contributed by atoms with van der Waals surface area (Å²) in [7, 11) is 0. The van der Waals surface area contributed by atoms with Crippen LogP contribution >= 0.6 is 0 Å². The van der Waals surface area contributed by atoms with Gasteiger partial charge in [-0.25, -0.2) is 4.98 Å². The summed E-state index contributed by atoms with van der Waals surface area (Å²) in [5.74, 6) is 1.01. The van der Waals surface area contributed by atoms with Crippen molar-refractivity contribution in [3.05, 3.63) is 23.9 Å². The van der Waals surface area contributed by atoms with E-state index in [0.717, 1.165) is 44.4 Å². The molecule has 4 heteroatoms. The summed E-state index contributed by atoms with van der Waals surface area (Å²) >= 11 is 0. The number of pyridine rings is 1. The van der Waals surface area contributed by atoms with Gasteiger partial charge in [0.25, 0.3) is 0 Å². The predicted octanol–water partition coefficient (Wildman–Crippen LogP) is 2.84. The van der Waals surface area contributed by atoms with Gasteiger partial charge in [-0.3, -0.25) is 4.90 Å². The highest BCUT2D eigenvalue weighted by molar-refractivity contribution is 5.35. The smallest absolute Gasteiger partial charge is 0.126 e. The fraction of sp³-hybridized carbons (Fsp3) is 0.706. The van der Waals surface area contributed by atoms with E-state index in [2.05, 4.69) is 27.3 Å². The monoisotopic (exact) mass is 289 g/mol. The summed E-state index contributed by atoms with van der Waals surface area (Å²) in [6, 6.07) is 6.19. The van der Waals surface area contributed by atoms with Gasteiger partial charge in [0.1, 0.15) is 5.82 Å². The van der Waals surface area contributed by atoms with Crippen LogP contribution in [-0.4, -0.2) is 48.3 Å². The number of aromatic nitrogens is 1. The van der Waals surface area contributed by atoms with Crippen molar-refractivity contribution in [2.75, 3.05) is 38.2 Å². The largest absolute Gasteiger partial charge is 0.379 e. The molecule has 0 radical (unpaired) electrons. The van der Waals surface area contributed by atoms with Crippen molar-refractivity contribution in [2.24, 2.45) is 0 Å². The molecule has 1 saturated heterocycles. The van der Waals surface area contributed by atoms with E-state index in [1.165, 1.54) is 32.1 Å². The highest BCUT2D eigenvalue weighted by Gasteiger charge is 2.38. The van der Waals surface area contributed by atoms with Crippen LogP contribution in [0.1, 0.15) is 37.8 Å². The molecule has 1 saturated carbocycles. The van der Waals surface area contributed by atoms with Gasteiger partial charge in [-0.2, -0.15) is 0 Å². The third-order valence-electron chi connectivity index (χ3n) is 4.95. The van der Waals surface area contributed by atoms with Crippen LogP contribution < -0.4 is 5.32 Å². The summed E-state index contributed by atoms with van der Waals surface area (Å²) in [6.07, 6.45) is 6.67. The molecule has 4 nitrogen and oxygen atoms in total. The molecule has 0 atom stereocenters. The first-order valence-electron chi connectivity index (χ1n) is 8.29. The van der Waals surface area contributed by atoms with E-state index in [1.54, 1.807) is 0 Å². The molecule has 116 valence electrons. The van der Waals surface area contributed by atoms with Gasteiger partial charge in [0.15, 0.2) is 0 Å². The van der Waals surface area contributed by atoms with Crippen LogP contribution in [0.15, 0.2) is 18.2 Å². The lowest BCUT2D eigenvalue weighted by molar-refractivity contribution is -0.0318. The van der Waals surface area contributed by atoms with Gasteiger partial charge in [0, 0.05) is 30.9 Å². The number of aryl methyl sites for hydroxylation is 1. The molecule has 2 aliphatic rings. The first-order valence-corrected chi connectivity index (χ1v) is 8.29. The number of nitrogens with zero attached hydrogens (tertiary/aromatic N) is 2. The van der Waals surface area contributed by atoms with Gasteiger partial charge < -0.3 is 10.1 Å². The molecule has 0 spiro atoms. The Morgan fingerprint density at radius 1 is 1.19 bits per heavy atom. The SMILES string of the molecule is Cc1cccc(NCC2(N3CCOCC3)CCCCC2)n1. The molecule has 21 heavy (non-hydrogen) atoms. The molecule has 1 aromatic rings. The lowest BCUT2D eigenvalue weighted by Crippen LogP contribution is -2.58. The second-order valence-corrected chi connectivity index (χ2v) is 6.40. The van der Waals surface area contributed by atoms with E-state index in [9.17, 15) is 0 Å². The Balaban J connectivity index is 1.69. The average molecular weight is 289 g/mol. The van der Waals surface area contributed by atoms with Crippen molar-refractivity contribution < 1.29 is 4.74 Å². The van der Waals surface area contributed by atoms with E-state index < -0.39 is 0 Å². The zero-order valence-corrected chi connectivity index (χ0v) is 13.1. The Morgan fingerprint density at radius 3 is 2.67 bits per heavy atom. The van der Waals surface area contributed by atoms with Crippen molar-refractivity contribution in [3.63, 3.8) is 0 Å². The van der Waals surface area contributed by atoms with E-state index >= 15 is 0 Å². The van der Waals surface area contributed by atoms with Gasteiger partial charge >= 0.3 is 0 Å². The molecule has 1 aliphatic carbocycles. The third kappa shape index (κ3) is 3.55. The Labute approximate surface area is 127 Å². The summed E-state index contributed by atoms with van der Waals surface area (Å²) < 4.78 is 5.54.